The molecule has 2 heterocycles. The number of benzene rings is 1. The van der Waals surface area contributed by atoms with Crippen molar-refractivity contribution in [3.8, 4) is 6.07 Å². The standard InChI is InChI=1S/C20H21N5O2S/c21-13-15-3-1-2-4-18(15)28(27)20(8-9-20)16-6-11-25(12-7-16)19(26)24-17-5-10-22-23-14-17/h1-5,10,14,16H,6-9,11-12H2,(H,22,24,26). The highest BCUT2D eigenvalue weighted by molar-refractivity contribution is 7.93. The Morgan fingerprint density at radius 2 is 2.00 bits per heavy atom. The number of carbonyl (C=O) groups is 1. The molecule has 1 aromatic heterocycles. The van der Waals surface area contributed by atoms with E-state index in [1.165, 1.54) is 12.4 Å². The highest BCUT2D eigenvalue weighted by Crippen LogP contribution is 2.55. The number of piperidine rings is 1. The van der Waals surface area contributed by atoms with E-state index in [4.69, 9.17) is 0 Å². The summed E-state index contributed by atoms with van der Waals surface area (Å²) in [5.74, 6) is 0.298. The normalized spacial score (nSPS) is 19.5. The molecule has 0 spiro atoms. The molecule has 144 valence electrons. The number of anilines is 1. The number of hydrogen-bond acceptors (Lipinski definition) is 5. The van der Waals surface area contributed by atoms with E-state index in [1.807, 2.05) is 6.07 Å². The van der Waals surface area contributed by atoms with Gasteiger partial charge < -0.3 is 14.8 Å². The Balaban J connectivity index is 1.39. The molecule has 0 bridgehead atoms. The van der Waals surface area contributed by atoms with Crippen LogP contribution >= 0.6 is 0 Å². The summed E-state index contributed by atoms with van der Waals surface area (Å²) >= 11 is -1.20. The lowest BCUT2D eigenvalue weighted by Gasteiger charge is -2.36. The van der Waals surface area contributed by atoms with Crippen molar-refractivity contribution in [2.75, 3.05) is 18.4 Å². The van der Waals surface area contributed by atoms with Crippen LogP contribution in [-0.2, 0) is 11.2 Å². The molecule has 28 heavy (non-hydrogen) atoms. The number of carbonyl (C=O) groups excluding carboxylic acids is 1. The number of nitrogens with one attached hydrogen (secondary N) is 1. The first-order chi connectivity index (χ1) is 13.6. The van der Waals surface area contributed by atoms with Crippen molar-refractivity contribution in [1.29, 1.82) is 5.26 Å². The van der Waals surface area contributed by atoms with Gasteiger partial charge in [-0.25, -0.2) is 4.79 Å². The van der Waals surface area contributed by atoms with Gasteiger partial charge in [-0.1, -0.05) is 12.1 Å². The van der Waals surface area contributed by atoms with Gasteiger partial charge >= 0.3 is 6.03 Å². The van der Waals surface area contributed by atoms with E-state index in [1.54, 1.807) is 29.2 Å². The monoisotopic (exact) mass is 395 g/mol. The second-order valence-corrected chi connectivity index (χ2v) is 9.05. The number of nitriles is 1. The largest absolute Gasteiger partial charge is 0.611 e. The zero-order chi connectivity index (χ0) is 19.6. The lowest BCUT2D eigenvalue weighted by molar-refractivity contribution is 0.178. The van der Waals surface area contributed by atoms with Crippen LogP contribution < -0.4 is 5.32 Å². The minimum atomic E-state index is -1.20. The average Bonchev–Trinajstić information content (AvgIpc) is 3.56. The number of aromatic nitrogens is 2. The molecule has 1 unspecified atom stereocenters. The first-order valence-electron chi connectivity index (χ1n) is 9.38. The molecule has 7 nitrogen and oxygen atoms in total. The van der Waals surface area contributed by atoms with Crippen LogP contribution in [0, 0.1) is 17.2 Å². The van der Waals surface area contributed by atoms with Gasteiger partial charge in [0, 0.05) is 31.8 Å². The number of amides is 2. The summed E-state index contributed by atoms with van der Waals surface area (Å²) in [6.45, 7) is 1.27. The van der Waals surface area contributed by atoms with Gasteiger partial charge in [-0.05, 0) is 42.2 Å². The minimum absolute atomic E-state index is 0.146. The van der Waals surface area contributed by atoms with Gasteiger partial charge in [0.1, 0.15) is 16.4 Å². The maximum atomic E-state index is 13.3. The van der Waals surface area contributed by atoms with Crippen LogP contribution in [0.15, 0.2) is 47.6 Å². The number of nitrogens with zero attached hydrogens (tertiary/aromatic N) is 4. The molecule has 1 aromatic carbocycles. The van der Waals surface area contributed by atoms with Crippen molar-refractivity contribution in [2.24, 2.45) is 5.92 Å². The topological polar surface area (TPSA) is 105 Å². The van der Waals surface area contributed by atoms with Crippen molar-refractivity contribution in [3.05, 3.63) is 48.3 Å². The third-order valence-corrected chi connectivity index (χ3v) is 7.92. The molecule has 1 saturated heterocycles. The van der Waals surface area contributed by atoms with Crippen molar-refractivity contribution < 1.29 is 9.35 Å². The number of urea groups is 1. The fraction of sp³-hybridized carbons (Fsp3) is 0.400. The van der Waals surface area contributed by atoms with Crippen molar-refractivity contribution >= 4 is 22.9 Å². The molecular weight excluding hydrogens is 374 g/mol. The third-order valence-electron chi connectivity index (χ3n) is 5.68. The molecule has 2 fully saturated rings. The van der Waals surface area contributed by atoms with Crippen LogP contribution in [0.2, 0.25) is 0 Å². The first kappa shape index (κ1) is 18.7. The van der Waals surface area contributed by atoms with Crippen molar-refractivity contribution in [3.63, 3.8) is 0 Å². The molecule has 2 aliphatic rings. The maximum Gasteiger partial charge on any atom is 0.321 e. The zero-order valence-electron chi connectivity index (χ0n) is 15.4. The molecular formula is C20H21N5O2S. The molecule has 1 N–H and O–H groups in total. The Morgan fingerprint density at radius 1 is 1.25 bits per heavy atom. The quantitative estimate of drug-likeness (QED) is 0.802. The Labute approximate surface area is 166 Å². The fourth-order valence-electron chi connectivity index (χ4n) is 3.98. The Bertz CT molecular complexity index is 889. The molecule has 4 rings (SSSR count). The van der Waals surface area contributed by atoms with Gasteiger partial charge in [-0.2, -0.15) is 15.5 Å². The van der Waals surface area contributed by atoms with E-state index in [-0.39, 0.29) is 10.8 Å². The van der Waals surface area contributed by atoms with Crippen LogP contribution in [0.3, 0.4) is 0 Å². The van der Waals surface area contributed by atoms with Gasteiger partial charge in [-0.3, -0.25) is 0 Å². The fourth-order valence-corrected chi connectivity index (χ4v) is 5.95. The van der Waals surface area contributed by atoms with Gasteiger partial charge in [0.05, 0.1) is 18.1 Å². The lowest BCUT2D eigenvalue weighted by Crippen LogP contribution is -2.45. The van der Waals surface area contributed by atoms with E-state index >= 15 is 0 Å². The van der Waals surface area contributed by atoms with Gasteiger partial charge in [-0.15, -0.1) is 0 Å². The van der Waals surface area contributed by atoms with E-state index in [0.717, 1.165) is 25.7 Å². The lowest BCUT2D eigenvalue weighted by atomic mass is 9.91. The molecule has 1 aliphatic heterocycles. The smallest absolute Gasteiger partial charge is 0.321 e. The SMILES string of the molecule is N#Cc1ccccc1[S+]([O-])C1(C2CCN(C(=O)Nc3ccnnc3)CC2)CC1. The van der Waals surface area contributed by atoms with E-state index in [0.29, 0.717) is 35.2 Å². The Hall–Kier alpha value is -2.63. The molecule has 2 amide bonds. The van der Waals surface area contributed by atoms with Crippen LogP contribution in [0.4, 0.5) is 10.5 Å². The summed E-state index contributed by atoms with van der Waals surface area (Å²) < 4.78 is 13.1. The van der Waals surface area contributed by atoms with Crippen LogP contribution in [-0.4, -0.2) is 43.5 Å². The number of hydrogen-bond donors (Lipinski definition) is 1. The van der Waals surface area contributed by atoms with Gasteiger partial charge in [0.15, 0.2) is 4.90 Å². The van der Waals surface area contributed by atoms with E-state index in [9.17, 15) is 14.6 Å². The predicted octanol–water partition coefficient (Wildman–Crippen LogP) is 2.93. The first-order valence-corrected chi connectivity index (χ1v) is 10.5. The summed E-state index contributed by atoms with van der Waals surface area (Å²) in [6.07, 6.45) is 6.52. The summed E-state index contributed by atoms with van der Waals surface area (Å²) in [5.41, 5.74) is 1.12. The second kappa shape index (κ2) is 7.78. The molecule has 1 atom stereocenters. The summed E-state index contributed by atoms with van der Waals surface area (Å²) in [7, 11) is 0. The molecule has 8 heteroatoms. The summed E-state index contributed by atoms with van der Waals surface area (Å²) in [5, 5.41) is 19.6. The van der Waals surface area contributed by atoms with Crippen LogP contribution in [0.5, 0.6) is 0 Å². The molecule has 1 aliphatic carbocycles. The van der Waals surface area contributed by atoms with Gasteiger partial charge in [0.2, 0.25) is 0 Å². The minimum Gasteiger partial charge on any atom is -0.611 e. The maximum absolute atomic E-state index is 13.3. The van der Waals surface area contributed by atoms with Crippen LogP contribution in [0.25, 0.3) is 0 Å². The molecule has 0 radical (unpaired) electrons. The highest BCUT2D eigenvalue weighted by atomic mass is 32.2. The number of rotatable bonds is 4. The summed E-state index contributed by atoms with van der Waals surface area (Å²) in [4.78, 5) is 14.9. The Morgan fingerprint density at radius 3 is 2.64 bits per heavy atom. The van der Waals surface area contributed by atoms with E-state index < -0.39 is 11.2 Å². The van der Waals surface area contributed by atoms with Crippen molar-refractivity contribution in [1.82, 2.24) is 15.1 Å². The summed E-state index contributed by atoms with van der Waals surface area (Å²) in [6, 6.07) is 10.9. The predicted molar refractivity (Wildman–Crippen MR) is 105 cm³/mol. The van der Waals surface area contributed by atoms with Crippen molar-refractivity contribution in [2.45, 2.75) is 35.3 Å². The molecule has 2 aromatic rings. The van der Waals surface area contributed by atoms with E-state index in [2.05, 4.69) is 21.6 Å². The van der Waals surface area contributed by atoms with Crippen LogP contribution in [0.1, 0.15) is 31.2 Å². The Kier molecular flexibility index (Phi) is 5.20. The second-order valence-electron chi connectivity index (χ2n) is 7.26. The highest BCUT2D eigenvalue weighted by Gasteiger charge is 2.60. The third kappa shape index (κ3) is 3.55. The average molecular weight is 395 g/mol. The molecule has 1 saturated carbocycles. The van der Waals surface area contributed by atoms with Gasteiger partial charge in [0.25, 0.3) is 0 Å². The zero-order valence-corrected chi connectivity index (χ0v) is 16.2. The number of likely N-dealkylation sites (tertiary alicyclic amines) is 1.